The van der Waals surface area contributed by atoms with Crippen molar-refractivity contribution in [2.75, 3.05) is 13.2 Å². The maximum Gasteiger partial charge on any atom is 0.329 e. The van der Waals surface area contributed by atoms with Crippen molar-refractivity contribution in [3.8, 4) is 0 Å². The van der Waals surface area contributed by atoms with Gasteiger partial charge in [-0.3, -0.25) is 0 Å². The molecule has 0 aromatic heterocycles. The fourth-order valence-corrected chi connectivity index (χ4v) is 1.89. The van der Waals surface area contributed by atoms with Crippen molar-refractivity contribution in [2.45, 2.75) is 58.5 Å². The van der Waals surface area contributed by atoms with Crippen LogP contribution in [0.15, 0.2) is 0 Å². The van der Waals surface area contributed by atoms with Crippen molar-refractivity contribution in [2.24, 2.45) is 0 Å². The van der Waals surface area contributed by atoms with E-state index in [9.17, 15) is 14.7 Å². The van der Waals surface area contributed by atoms with Crippen LogP contribution < -0.4 is 5.32 Å². The third kappa shape index (κ3) is 4.70. The van der Waals surface area contributed by atoms with Crippen LogP contribution in [0.25, 0.3) is 0 Å². The summed E-state index contributed by atoms with van der Waals surface area (Å²) in [5.41, 5.74) is -1.22. The van der Waals surface area contributed by atoms with E-state index in [0.717, 1.165) is 0 Å². The number of aliphatic hydroxyl groups excluding tert-OH is 1. The molecule has 0 rings (SSSR count). The first-order valence-corrected chi connectivity index (χ1v) is 6.77. The maximum atomic E-state index is 12.2. The van der Waals surface area contributed by atoms with Gasteiger partial charge in [0.15, 0.2) is 0 Å². The van der Waals surface area contributed by atoms with Crippen LogP contribution in [-0.2, 0) is 4.79 Å². The number of aliphatic hydroxyl groups is 1. The molecular formula is C13H26N2O4. The van der Waals surface area contributed by atoms with E-state index in [1.807, 2.05) is 13.8 Å². The minimum Gasteiger partial charge on any atom is -0.480 e. The van der Waals surface area contributed by atoms with Crippen molar-refractivity contribution in [3.63, 3.8) is 0 Å². The second kappa shape index (κ2) is 7.99. The van der Waals surface area contributed by atoms with Crippen molar-refractivity contribution >= 4 is 12.0 Å². The van der Waals surface area contributed by atoms with Crippen LogP contribution in [0.3, 0.4) is 0 Å². The Kier molecular flexibility index (Phi) is 7.44. The van der Waals surface area contributed by atoms with Gasteiger partial charge in [-0.25, -0.2) is 9.59 Å². The van der Waals surface area contributed by atoms with Crippen LogP contribution >= 0.6 is 0 Å². The van der Waals surface area contributed by atoms with Crippen LogP contribution in [0.1, 0.15) is 47.0 Å². The van der Waals surface area contributed by atoms with Gasteiger partial charge in [0, 0.05) is 19.2 Å². The summed E-state index contributed by atoms with van der Waals surface area (Å²) in [6, 6.07) is -0.443. The van der Waals surface area contributed by atoms with Gasteiger partial charge in [-0.15, -0.1) is 0 Å². The van der Waals surface area contributed by atoms with Crippen LogP contribution in [0.4, 0.5) is 4.79 Å². The first kappa shape index (κ1) is 17.7. The van der Waals surface area contributed by atoms with E-state index in [-0.39, 0.29) is 12.6 Å². The Morgan fingerprint density at radius 2 is 1.79 bits per heavy atom. The molecule has 0 fully saturated rings. The van der Waals surface area contributed by atoms with Gasteiger partial charge in [0.1, 0.15) is 5.54 Å². The molecule has 19 heavy (non-hydrogen) atoms. The summed E-state index contributed by atoms with van der Waals surface area (Å²) in [7, 11) is 0. The van der Waals surface area contributed by atoms with Crippen LogP contribution in [0.2, 0.25) is 0 Å². The first-order valence-electron chi connectivity index (χ1n) is 6.77. The fraction of sp³-hybridized carbons (Fsp3) is 0.846. The third-order valence-corrected chi connectivity index (χ3v) is 3.40. The summed E-state index contributed by atoms with van der Waals surface area (Å²) >= 11 is 0. The number of aliphatic carboxylic acids is 1. The molecule has 0 bridgehead atoms. The highest BCUT2D eigenvalue weighted by Gasteiger charge is 2.37. The average Bonchev–Trinajstić information content (AvgIpc) is 2.35. The molecule has 0 saturated heterocycles. The number of urea groups is 1. The van der Waals surface area contributed by atoms with Gasteiger partial charge < -0.3 is 20.4 Å². The average molecular weight is 274 g/mol. The number of rotatable bonds is 8. The van der Waals surface area contributed by atoms with E-state index < -0.39 is 17.5 Å². The number of hydrogen-bond acceptors (Lipinski definition) is 3. The highest BCUT2D eigenvalue weighted by molar-refractivity contribution is 5.86. The van der Waals surface area contributed by atoms with Crippen molar-refractivity contribution in [1.82, 2.24) is 10.2 Å². The standard InChI is InChI=1S/C13H26N2O4/c1-5-13(6-2,11(17)18)14-12(19)15(10(3)4)8-7-9-16/h10,16H,5-9H2,1-4H3,(H,14,19)(H,17,18). The monoisotopic (exact) mass is 274 g/mol. The lowest BCUT2D eigenvalue weighted by Crippen LogP contribution is -2.58. The molecule has 0 spiro atoms. The number of hydrogen-bond donors (Lipinski definition) is 3. The summed E-state index contributed by atoms with van der Waals surface area (Å²) in [5, 5.41) is 20.8. The molecule has 0 aliphatic rings. The minimum atomic E-state index is -1.22. The van der Waals surface area contributed by atoms with Gasteiger partial charge >= 0.3 is 12.0 Å². The fourth-order valence-electron chi connectivity index (χ4n) is 1.89. The van der Waals surface area contributed by atoms with Crippen molar-refractivity contribution in [1.29, 1.82) is 0 Å². The molecule has 0 radical (unpaired) electrons. The number of nitrogens with zero attached hydrogens (tertiary/aromatic N) is 1. The zero-order valence-corrected chi connectivity index (χ0v) is 12.3. The Morgan fingerprint density at radius 3 is 2.11 bits per heavy atom. The van der Waals surface area contributed by atoms with Gasteiger partial charge in [-0.2, -0.15) is 0 Å². The number of carboxylic acid groups (broad SMARTS) is 1. The lowest BCUT2D eigenvalue weighted by Gasteiger charge is -2.33. The molecule has 0 aliphatic heterocycles. The number of carboxylic acids is 1. The predicted octanol–water partition coefficient (Wildman–Crippen LogP) is 1.43. The quantitative estimate of drug-likeness (QED) is 0.624. The summed E-state index contributed by atoms with van der Waals surface area (Å²) < 4.78 is 0. The SMILES string of the molecule is CCC(CC)(NC(=O)N(CCCO)C(C)C)C(=O)O. The van der Waals surface area contributed by atoms with E-state index in [1.165, 1.54) is 0 Å². The zero-order valence-electron chi connectivity index (χ0n) is 12.3. The molecule has 6 nitrogen and oxygen atoms in total. The van der Waals surface area contributed by atoms with E-state index in [1.54, 1.807) is 18.7 Å². The van der Waals surface area contributed by atoms with Crippen molar-refractivity contribution in [3.05, 3.63) is 0 Å². The molecule has 112 valence electrons. The molecule has 3 N–H and O–H groups in total. The Hall–Kier alpha value is -1.30. The summed E-state index contributed by atoms with van der Waals surface area (Å²) in [4.78, 5) is 25.1. The maximum absolute atomic E-state index is 12.2. The summed E-state index contributed by atoms with van der Waals surface area (Å²) in [6.45, 7) is 7.61. The van der Waals surface area contributed by atoms with Gasteiger partial charge in [0.05, 0.1) is 0 Å². The Labute approximate surface area is 114 Å². The van der Waals surface area contributed by atoms with Crippen LogP contribution in [-0.4, -0.2) is 51.8 Å². The molecule has 0 aliphatic carbocycles. The molecule has 2 amide bonds. The molecule has 0 heterocycles. The third-order valence-electron chi connectivity index (χ3n) is 3.40. The highest BCUT2D eigenvalue weighted by atomic mass is 16.4. The van der Waals surface area contributed by atoms with E-state index in [0.29, 0.717) is 25.8 Å². The Morgan fingerprint density at radius 1 is 1.26 bits per heavy atom. The summed E-state index contributed by atoms with van der Waals surface area (Å²) in [6.07, 6.45) is 1.14. The van der Waals surface area contributed by atoms with Crippen LogP contribution in [0, 0.1) is 0 Å². The Balaban J connectivity index is 4.90. The molecular weight excluding hydrogens is 248 g/mol. The van der Waals surface area contributed by atoms with E-state index in [2.05, 4.69) is 5.32 Å². The molecule has 0 atom stereocenters. The van der Waals surface area contributed by atoms with Gasteiger partial charge in [-0.05, 0) is 33.1 Å². The minimum absolute atomic E-state index is 0.00211. The van der Waals surface area contributed by atoms with E-state index in [4.69, 9.17) is 5.11 Å². The largest absolute Gasteiger partial charge is 0.480 e. The van der Waals surface area contributed by atoms with Gasteiger partial charge in [0.2, 0.25) is 0 Å². The normalized spacial score (nSPS) is 11.5. The highest BCUT2D eigenvalue weighted by Crippen LogP contribution is 2.16. The van der Waals surface area contributed by atoms with E-state index >= 15 is 0 Å². The molecule has 0 aromatic carbocycles. The lowest BCUT2D eigenvalue weighted by atomic mass is 9.93. The topological polar surface area (TPSA) is 89.9 Å². The predicted molar refractivity (Wildman–Crippen MR) is 73.0 cm³/mol. The summed E-state index contributed by atoms with van der Waals surface area (Å²) in [5.74, 6) is -1.02. The van der Waals surface area contributed by atoms with Gasteiger partial charge in [0.25, 0.3) is 0 Å². The van der Waals surface area contributed by atoms with Crippen molar-refractivity contribution < 1.29 is 19.8 Å². The second-order valence-corrected chi connectivity index (χ2v) is 4.89. The Bertz CT molecular complexity index is 301. The molecule has 0 unspecified atom stereocenters. The number of carbonyl (C=O) groups excluding carboxylic acids is 1. The number of nitrogens with one attached hydrogen (secondary N) is 1. The number of amides is 2. The number of carbonyl (C=O) groups is 2. The molecule has 0 saturated carbocycles. The lowest BCUT2D eigenvalue weighted by molar-refractivity contribution is -0.144. The molecule has 0 aromatic rings. The zero-order chi connectivity index (χ0) is 15.1. The first-order chi connectivity index (χ1) is 8.84. The molecule has 6 heteroatoms. The smallest absolute Gasteiger partial charge is 0.329 e. The van der Waals surface area contributed by atoms with Gasteiger partial charge in [-0.1, -0.05) is 13.8 Å². The second-order valence-electron chi connectivity index (χ2n) is 4.89. The van der Waals surface area contributed by atoms with Crippen LogP contribution in [0.5, 0.6) is 0 Å².